The van der Waals surface area contributed by atoms with Gasteiger partial charge in [0.1, 0.15) is 5.82 Å². The number of imidazole rings is 1. The Balaban J connectivity index is 1.66. The monoisotopic (exact) mass is 281 g/mol. The van der Waals surface area contributed by atoms with E-state index in [4.69, 9.17) is 0 Å². The molecule has 0 spiro atoms. The second-order valence-electron chi connectivity index (χ2n) is 4.89. The first-order valence-electron chi connectivity index (χ1n) is 7.15. The molecule has 0 aliphatic rings. The van der Waals surface area contributed by atoms with Gasteiger partial charge < -0.3 is 9.88 Å². The SMILES string of the molecule is CCn1ccnc1CNc1cccc(Cn2cccn2)c1. The maximum absolute atomic E-state index is 4.37. The third-order valence-corrected chi connectivity index (χ3v) is 3.42. The van der Waals surface area contributed by atoms with E-state index in [0.29, 0.717) is 0 Å². The van der Waals surface area contributed by atoms with Crippen LogP contribution < -0.4 is 5.32 Å². The molecule has 0 saturated carbocycles. The van der Waals surface area contributed by atoms with Crippen molar-refractivity contribution >= 4 is 5.69 Å². The van der Waals surface area contributed by atoms with Crippen LogP contribution in [0.5, 0.6) is 0 Å². The zero-order chi connectivity index (χ0) is 14.5. The molecule has 0 unspecified atom stereocenters. The van der Waals surface area contributed by atoms with Gasteiger partial charge in [-0.25, -0.2) is 4.98 Å². The Morgan fingerprint density at radius 2 is 2.10 bits per heavy atom. The van der Waals surface area contributed by atoms with Crippen LogP contribution in [0.3, 0.4) is 0 Å². The van der Waals surface area contributed by atoms with E-state index >= 15 is 0 Å². The van der Waals surface area contributed by atoms with E-state index in [1.165, 1.54) is 5.56 Å². The molecule has 21 heavy (non-hydrogen) atoms. The molecule has 3 aromatic rings. The number of hydrogen-bond acceptors (Lipinski definition) is 3. The van der Waals surface area contributed by atoms with Gasteiger partial charge in [0.25, 0.3) is 0 Å². The van der Waals surface area contributed by atoms with Crippen molar-refractivity contribution in [2.75, 3.05) is 5.32 Å². The van der Waals surface area contributed by atoms with Gasteiger partial charge in [0.2, 0.25) is 0 Å². The van der Waals surface area contributed by atoms with E-state index < -0.39 is 0 Å². The molecule has 0 aliphatic heterocycles. The molecule has 1 N–H and O–H groups in total. The van der Waals surface area contributed by atoms with Crippen molar-refractivity contribution < 1.29 is 0 Å². The molecule has 0 radical (unpaired) electrons. The first-order valence-corrected chi connectivity index (χ1v) is 7.15. The van der Waals surface area contributed by atoms with Crippen LogP contribution in [-0.4, -0.2) is 19.3 Å². The molecular formula is C16H19N5. The number of nitrogens with one attached hydrogen (secondary N) is 1. The highest BCUT2D eigenvalue weighted by Crippen LogP contribution is 2.13. The van der Waals surface area contributed by atoms with Crippen LogP contribution in [0.2, 0.25) is 0 Å². The molecule has 5 nitrogen and oxygen atoms in total. The number of rotatable bonds is 6. The average Bonchev–Trinajstić information content (AvgIpc) is 3.16. The van der Waals surface area contributed by atoms with Gasteiger partial charge >= 0.3 is 0 Å². The Bertz CT molecular complexity index is 684. The quantitative estimate of drug-likeness (QED) is 0.756. The Labute approximate surface area is 124 Å². The van der Waals surface area contributed by atoms with Crippen molar-refractivity contribution in [1.82, 2.24) is 19.3 Å². The van der Waals surface area contributed by atoms with Crippen molar-refractivity contribution in [2.45, 2.75) is 26.6 Å². The van der Waals surface area contributed by atoms with Crippen LogP contribution in [0.15, 0.2) is 55.1 Å². The molecule has 1 aromatic carbocycles. The van der Waals surface area contributed by atoms with Crippen molar-refractivity contribution in [3.8, 4) is 0 Å². The number of benzene rings is 1. The van der Waals surface area contributed by atoms with E-state index in [9.17, 15) is 0 Å². The van der Waals surface area contributed by atoms with Gasteiger partial charge in [0, 0.05) is 37.0 Å². The van der Waals surface area contributed by atoms with E-state index in [1.807, 2.05) is 29.3 Å². The van der Waals surface area contributed by atoms with Crippen LogP contribution in [0.4, 0.5) is 5.69 Å². The molecule has 5 heteroatoms. The molecule has 0 aliphatic carbocycles. The summed E-state index contributed by atoms with van der Waals surface area (Å²) >= 11 is 0. The second-order valence-corrected chi connectivity index (χ2v) is 4.89. The maximum atomic E-state index is 4.37. The summed E-state index contributed by atoms with van der Waals surface area (Å²) in [4.78, 5) is 4.37. The van der Waals surface area contributed by atoms with E-state index in [1.54, 1.807) is 6.20 Å². The van der Waals surface area contributed by atoms with Crippen LogP contribution in [0, 0.1) is 0 Å². The summed E-state index contributed by atoms with van der Waals surface area (Å²) in [5.41, 5.74) is 2.33. The maximum Gasteiger partial charge on any atom is 0.128 e. The highest BCUT2D eigenvalue weighted by atomic mass is 15.3. The highest BCUT2D eigenvalue weighted by molar-refractivity contribution is 5.45. The van der Waals surface area contributed by atoms with Gasteiger partial charge in [-0.2, -0.15) is 5.10 Å². The zero-order valence-electron chi connectivity index (χ0n) is 12.1. The van der Waals surface area contributed by atoms with Crippen LogP contribution >= 0.6 is 0 Å². The molecule has 0 fully saturated rings. The number of anilines is 1. The molecule has 0 saturated heterocycles. The fourth-order valence-corrected chi connectivity index (χ4v) is 2.34. The highest BCUT2D eigenvalue weighted by Gasteiger charge is 2.02. The lowest BCUT2D eigenvalue weighted by Gasteiger charge is -2.09. The molecule has 0 atom stereocenters. The van der Waals surface area contributed by atoms with Crippen LogP contribution in [0.1, 0.15) is 18.3 Å². The summed E-state index contributed by atoms with van der Waals surface area (Å²) in [5.74, 6) is 1.05. The topological polar surface area (TPSA) is 47.7 Å². The van der Waals surface area contributed by atoms with Gasteiger partial charge in [-0.15, -0.1) is 0 Å². The minimum Gasteiger partial charge on any atom is -0.378 e. The van der Waals surface area contributed by atoms with E-state index in [2.05, 4.69) is 51.2 Å². The van der Waals surface area contributed by atoms with Gasteiger partial charge in [0.15, 0.2) is 0 Å². The third-order valence-electron chi connectivity index (χ3n) is 3.42. The normalized spacial score (nSPS) is 10.7. The predicted octanol–water partition coefficient (Wildman–Crippen LogP) is 2.76. The predicted molar refractivity (Wildman–Crippen MR) is 83.0 cm³/mol. The summed E-state index contributed by atoms with van der Waals surface area (Å²) in [6.07, 6.45) is 7.62. The second kappa shape index (κ2) is 6.26. The van der Waals surface area contributed by atoms with Crippen LogP contribution in [0.25, 0.3) is 0 Å². The van der Waals surface area contributed by atoms with E-state index in [-0.39, 0.29) is 0 Å². The number of aryl methyl sites for hydroxylation is 1. The largest absolute Gasteiger partial charge is 0.378 e. The van der Waals surface area contributed by atoms with Gasteiger partial charge in [0.05, 0.1) is 13.1 Å². The minimum atomic E-state index is 0.728. The summed E-state index contributed by atoms with van der Waals surface area (Å²) in [6.45, 7) is 4.57. The minimum absolute atomic E-state index is 0.728. The molecule has 0 amide bonds. The number of hydrogen-bond donors (Lipinski definition) is 1. The van der Waals surface area contributed by atoms with Crippen molar-refractivity contribution in [2.24, 2.45) is 0 Å². The van der Waals surface area contributed by atoms with Gasteiger partial charge in [-0.1, -0.05) is 12.1 Å². The van der Waals surface area contributed by atoms with Crippen LogP contribution in [-0.2, 0) is 19.6 Å². The third kappa shape index (κ3) is 3.31. The summed E-state index contributed by atoms with van der Waals surface area (Å²) in [7, 11) is 0. The summed E-state index contributed by atoms with van der Waals surface area (Å²) in [5, 5.41) is 7.66. The van der Waals surface area contributed by atoms with Crippen molar-refractivity contribution in [3.63, 3.8) is 0 Å². The lowest BCUT2D eigenvalue weighted by molar-refractivity contribution is 0.686. The fraction of sp³-hybridized carbons (Fsp3) is 0.250. The van der Waals surface area contributed by atoms with E-state index in [0.717, 1.165) is 31.1 Å². The van der Waals surface area contributed by atoms with Crippen molar-refractivity contribution in [1.29, 1.82) is 0 Å². The number of aromatic nitrogens is 4. The molecule has 3 rings (SSSR count). The Morgan fingerprint density at radius 1 is 1.14 bits per heavy atom. The lowest BCUT2D eigenvalue weighted by Crippen LogP contribution is -2.08. The smallest absolute Gasteiger partial charge is 0.128 e. The lowest BCUT2D eigenvalue weighted by atomic mass is 10.2. The molecular weight excluding hydrogens is 262 g/mol. The van der Waals surface area contributed by atoms with Crippen molar-refractivity contribution in [3.05, 3.63) is 66.5 Å². The Hall–Kier alpha value is -2.56. The van der Waals surface area contributed by atoms with Gasteiger partial charge in [-0.05, 0) is 30.7 Å². The fourth-order valence-electron chi connectivity index (χ4n) is 2.34. The molecule has 0 bridgehead atoms. The number of nitrogens with zero attached hydrogens (tertiary/aromatic N) is 4. The zero-order valence-corrected chi connectivity index (χ0v) is 12.1. The first-order chi connectivity index (χ1) is 10.3. The summed E-state index contributed by atoms with van der Waals surface area (Å²) < 4.78 is 4.06. The Morgan fingerprint density at radius 3 is 2.90 bits per heavy atom. The van der Waals surface area contributed by atoms with Gasteiger partial charge in [-0.3, -0.25) is 4.68 Å². The average molecular weight is 281 g/mol. The Kier molecular flexibility index (Phi) is 4.00. The summed E-state index contributed by atoms with van der Waals surface area (Å²) in [6, 6.07) is 10.3. The molecule has 108 valence electrons. The molecule has 2 aromatic heterocycles. The molecule has 2 heterocycles. The standard InChI is InChI=1S/C16H19N5/c1-2-20-10-8-17-16(20)12-18-15-6-3-5-14(11-15)13-21-9-4-7-19-21/h3-11,18H,2,12-13H2,1H3. The first kappa shape index (κ1) is 13.4.